The van der Waals surface area contributed by atoms with Gasteiger partial charge in [0.1, 0.15) is 11.6 Å². The van der Waals surface area contributed by atoms with E-state index in [0.717, 1.165) is 44.1 Å². The van der Waals surface area contributed by atoms with E-state index in [-0.39, 0.29) is 43.1 Å². The van der Waals surface area contributed by atoms with Gasteiger partial charge in [-0.3, -0.25) is 34.6 Å². The Labute approximate surface area is 267 Å². The van der Waals surface area contributed by atoms with Gasteiger partial charge >= 0.3 is 6.09 Å². The van der Waals surface area contributed by atoms with Crippen molar-refractivity contribution >= 4 is 47.9 Å². The minimum Gasteiger partial charge on any atom is -0.444 e. The zero-order valence-corrected chi connectivity index (χ0v) is 27.6. The van der Waals surface area contributed by atoms with Crippen LogP contribution in [0.15, 0.2) is 30.3 Å². The summed E-state index contributed by atoms with van der Waals surface area (Å²) < 4.78 is 5.46. The van der Waals surface area contributed by atoms with Gasteiger partial charge in [0.05, 0.1) is 12.6 Å². The van der Waals surface area contributed by atoms with Crippen molar-refractivity contribution in [2.45, 2.75) is 103 Å². The normalized spacial score (nSPS) is 20.4. The molecule has 0 spiro atoms. The number of halogens is 1. The van der Waals surface area contributed by atoms with Crippen molar-refractivity contribution < 1.29 is 23.9 Å². The van der Waals surface area contributed by atoms with Crippen molar-refractivity contribution in [3.63, 3.8) is 0 Å². The molecule has 3 aliphatic rings. The maximum Gasteiger partial charge on any atom is 0.411 e. The molecular weight excluding hydrogens is 588 g/mol. The number of hydrazine groups is 1. The van der Waals surface area contributed by atoms with Crippen molar-refractivity contribution in [3.8, 4) is 0 Å². The second kappa shape index (κ2) is 16.7. The third-order valence-corrected chi connectivity index (χ3v) is 9.48. The van der Waals surface area contributed by atoms with Crippen LogP contribution in [0.4, 0.5) is 4.79 Å². The van der Waals surface area contributed by atoms with Crippen LogP contribution in [0.3, 0.4) is 0 Å². The molecule has 1 N–H and O–H groups in total. The van der Waals surface area contributed by atoms with Gasteiger partial charge in [-0.05, 0) is 63.7 Å². The van der Waals surface area contributed by atoms with Gasteiger partial charge in [-0.2, -0.15) is 11.8 Å². The molecule has 1 aliphatic carbocycles. The largest absolute Gasteiger partial charge is 0.444 e. The number of ether oxygens (including phenoxy) is 1. The number of piperidine rings is 1. The lowest BCUT2D eigenvalue weighted by Gasteiger charge is -2.39. The predicted octanol–water partition coefficient (Wildman–Crippen LogP) is 5.21. The van der Waals surface area contributed by atoms with Gasteiger partial charge in [0.15, 0.2) is 5.78 Å². The van der Waals surface area contributed by atoms with Crippen LogP contribution in [-0.4, -0.2) is 87.3 Å². The van der Waals surface area contributed by atoms with Crippen LogP contribution in [0.2, 0.25) is 0 Å². The van der Waals surface area contributed by atoms with Crippen LogP contribution in [0.25, 0.3) is 0 Å². The molecule has 9 nitrogen and oxygen atoms in total. The summed E-state index contributed by atoms with van der Waals surface area (Å²) in [5.41, 5.74) is 3.36. The summed E-state index contributed by atoms with van der Waals surface area (Å²) in [6, 6.07) is 9.18. The second-order valence-corrected chi connectivity index (χ2v) is 14.1. The number of hydrogen-bond donors (Lipinski definition) is 1. The van der Waals surface area contributed by atoms with Crippen molar-refractivity contribution in [2.24, 2.45) is 5.92 Å². The predicted molar refractivity (Wildman–Crippen MR) is 172 cm³/mol. The first-order chi connectivity index (χ1) is 20.1. The lowest BCUT2D eigenvalue weighted by atomic mass is 9.91. The molecule has 0 bridgehead atoms. The van der Waals surface area contributed by atoms with E-state index < -0.39 is 23.6 Å². The molecule has 1 aromatic carbocycles. The summed E-state index contributed by atoms with van der Waals surface area (Å²) in [6.45, 7) is 7.53. The number of hydrogen-bond acceptors (Lipinski definition) is 7. The molecule has 0 unspecified atom stereocenters. The fourth-order valence-electron chi connectivity index (χ4n) is 6.05. The Balaban J connectivity index is 0.00000506. The fourth-order valence-corrected chi connectivity index (χ4v) is 7.20. The van der Waals surface area contributed by atoms with Gasteiger partial charge in [0.25, 0.3) is 5.91 Å². The molecule has 43 heavy (non-hydrogen) atoms. The Bertz CT molecular complexity index is 1070. The molecular formula is C32H49ClN4O5S. The van der Waals surface area contributed by atoms with Gasteiger partial charge in [0, 0.05) is 38.2 Å². The summed E-state index contributed by atoms with van der Waals surface area (Å²) >= 11 is 1.83. The molecule has 3 amide bonds. The Kier molecular flexibility index (Phi) is 13.6. The van der Waals surface area contributed by atoms with Crippen LogP contribution < -0.4 is 5.43 Å². The average Bonchev–Trinajstić information content (AvgIpc) is 3.37. The summed E-state index contributed by atoms with van der Waals surface area (Å²) in [5, 5.41) is 1.51. The van der Waals surface area contributed by atoms with E-state index in [1.807, 2.05) is 30.0 Å². The molecule has 1 saturated carbocycles. The highest BCUT2D eigenvalue weighted by molar-refractivity contribution is 7.99. The third-order valence-electron chi connectivity index (χ3n) is 8.28. The third kappa shape index (κ3) is 11.0. The monoisotopic (exact) mass is 636 g/mol. The topological polar surface area (TPSA) is 99.3 Å². The quantitative estimate of drug-likeness (QED) is 0.293. The summed E-state index contributed by atoms with van der Waals surface area (Å²) in [4.78, 5) is 55.9. The number of rotatable bonds is 9. The van der Waals surface area contributed by atoms with Gasteiger partial charge in [-0.15, -0.1) is 12.4 Å². The Morgan fingerprint density at radius 2 is 1.70 bits per heavy atom. The average molecular weight is 637 g/mol. The van der Waals surface area contributed by atoms with Crippen molar-refractivity contribution in [2.75, 3.05) is 31.1 Å². The molecule has 0 radical (unpaired) electrons. The smallest absolute Gasteiger partial charge is 0.411 e. The van der Waals surface area contributed by atoms with Crippen molar-refractivity contribution in [1.29, 1.82) is 0 Å². The number of thioether (sulfide) groups is 1. The number of Topliss-reactive ketones (excluding diaryl/α,β-unsaturated/α-hetero) is 1. The maximum atomic E-state index is 13.6. The molecule has 1 atom stereocenters. The minimum absolute atomic E-state index is 0. The minimum atomic E-state index is -0.999. The van der Waals surface area contributed by atoms with Crippen LogP contribution in [0, 0.1) is 5.92 Å². The molecule has 1 aromatic rings. The number of nitrogens with zero attached hydrogens (tertiary/aromatic N) is 3. The van der Waals surface area contributed by atoms with E-state index in [9.17, 15) is 19.2 Å². The Morgan fingerprint density at radius 3 is 2.35 bits per heavy atom. The van der Waals surface area contributed by atoms with Gasteiger partial charge in [-0.25, -0.2) is 4.79 Å². The molecule has 11 heteroatoms. The van der Waals surface area contributed by atoms with Crippen LogP contribution >= 0.6 is 24.2 Å². The van der Waals surface area contributed by atoms with E-state index in [1.165, 1.54) is 47.6 Å². The number of amides is 3. The fraction of sp³-hybridized carbons (Fsp3) is 0.688. The second-order valence-electron chi connectivity index (χ2n) is 12.9. The Hall–Kier alpha value is -2.30. The summed E-state index contributed by atoms with van der Waals surface area (Å²) in [7, 11) is 0. The number of nitrogens with one attached hydrogen (secondary N) is 1. The first kappa shape index (κ1) is 35.2. The first-order valence-corrected chi connectivity index (χ1v) is 16.7. The van der Waals surface area contributed by atoms with Crippen LogP contribution in [0.5, 0.6) is 0 Å². The number of carbonyl (C=O) groups is 4. The molecule has 2 saturated heterocycles. The number of likely N-dealkylation sites (tertiary alicyclic amines) is 2. The number of benzene rings is 1. The van der Waals surface area contributed by atoms with E-state index >= 15 is 0 Å². The van der Waals surface area contributed by atoms with Gasteiger partial charge < -0.3 is 4.74 Å². The maximum absolute atomic E-state index is 13.6. The number of ketones is 1. The van der Waals surface area contributed by atoms with Crippen LogP contribution in [-0.2, 0) is 25.7 Å². The summed E-state index contributed by atoms with van der Waals surface area (Å²) in [6.07, 6.45) is 7.50. The molecule has 2 aliphatic heterocycles. The highest BCUT2D eigenvalue weighted by Gasteiger charge is 2.42. The zero-order valence-electron chi connectivity index (χ0n) is 25.9. The van der Waals surface area contributed by atoms with Crippen molar-refractivity contribution in [3.05, 3.63) is 35.9 Å². The Morgan fingerprint density at radius 1 is 1.02 bits per heavy atom. The summed E-state index contributed by atoms with van der Waals surface area (Å²) in [5.74, 6) is 1.69. The lowest BCUT2D eigenvalue weighted by Crippen LogP contribution is -2.59. The SMILES string of the molecule is CC(C)(C)OC(=O)N1CC(=O)C[C@H]1C(=O)NN(C(=O)CCSCC1CCCCC1)C1CCN(Cc2ccccc2)CC1.Cl. The highest BCUT2D eigenvalue weighted by Crippen LogP contribution is 2.27. The lowest BCUT2D eigenvalue weighted by molar-refractivity contribution is -0.147. The molecule has 4 rings (SSSR count). The number of carbonyl (C=O) groups excluding carboxylic acids is 4. The van der Waals surface area contributed by atoms with Gasteiger partial charge in [0.2, 0.25) is 5.91 Å². The van der Waals surface area contributed by atoms with Gasteiger partial charge in [-0.1, -0.05) is 49.6 Å². The van der Waals surface area contributed by atoms with E-state index in [4.69, 9.17) is 4.74 Å². The van der Waals surface area contributed by atoms with Crippen LogP contribution in [0.1, 0.15) is 84.1 Å². The highest BCUT2D eigenvalue weighted by atomic mass is 35.5. The van der Waals surface area contributed by atoms with E-state index in [2.05, 4.69) is 22.5 Å². The standard InChI is InChI=1S/C32H48N4O5S.ClH/c1-32(2,3)41-31(40)35-22-27(37)20-28(35)30(39)33-36(29(38)16-19-42-23-25-12-8-5-9-13-25)26-14-17-34(18-15-26)21-24-10-6-4-7-11-24;/h4,6-7,10-11,25-26,28H,5,8-9,12-23H2,1-3H3,(H,33,39);1H/t28-;/m0./s1. The molecule has 2 heterocycles. The van der Waals surface area contributed by atoms with E-state index in [0.29, 0.717) is 12.2 Å². The first-order valence-electron chi connectivity index (χ1n) is 15.6. The zero-order chi connectivity index (χ0) is 30.1. The van der Waals surface area contributed by atoms with E-state index in [1.54, 1.807) is 20.8 Å². The molecule has 0 aromatic heterocycles. The van der Waals surface area contributed by atoms with Crippen molar-refractivity contribution in [1.82, 2.24) is 20.2 Å². The molecule has 3 fully saturated rings. The molecule has 240 valence electrons.